The SMILES string of the molecule is CNc1cc(C(=O)NCC2CC2C)c([N+](=O)[O-])cn1. The number of anilines is 1. The summed E-state index contributed by atoms with van der Waals surface area (Å²) in [5, 5.41) is 16.4. The summed E-state index contributed by atoms with van der Waals surface area (Å²) < 4.78 is 0. The summed E-state index contributed by atoms with van der Waals surface area (Å²) >= 11 is 0. The van der Waals surface area contributed by atoms with Gasteiger partial charge in [-0.2, -0.15) is 0 Å². The van der Waals surface area contributed by atoms with Crippen molar-refractivity contribution in [2.45, 2.75) is 13.3 Å². The van der Waals surface area contributed by atoms with Gasteiger partial charge in [-0.3, -0.25) is 14.9 Å². The molecule has 0 aromatic carbocycles. The smallest absolute Gasteiger partial charge is 0.300 e. The first-order valence-corrected chi connectivity index (χ1v) is 6.13. The molecular weight excluding hydrogens is 248 g/mol. The predicted octanol–water partition coefficient (Wildman–Crippen LogP) is 1.42. The first-order valence-electron chi connectivity index (χ1n) is 6.13. The van der Waals surface area contributed by atoms with Crippen LogP contribution >= 0.6 is 0 Å². The van der Waals surface area contributed by atoms with Crippen LogP contribution in [0.3, 0.4) is 0 Å². The van der Waals surface area contributed by atoms with E-state index in [4.69, 9.17) is 0 Å². The standard InChI is InChI=1S/C12H16N4O3/c1-7-3-8(7)5-15-12(17)9-4-11(13-2)14-6-10(9)16(18)19/h4,6-8H,3,5H2,1-2H3,(H,13,14)(H,15,17). The van der Waals surface area contributed by atoms with Crippen LogP contribution in [0.5, 0.6) is 0 Å². The fraction of sp³-hybridized carbons (Fsp3) is 0.500. The van der Waals surface area contributed by atoms with E-state index in [2.05, 4.69) is 22.5 Å². The molecule has 1 saturated carbocycles. The maximum absolute atomic E-state index is 12.0. The molecule has 2 unspecified atom stereocenters. The number of aromatic nitrogens is 1. The van der Waals surface area contributed by atoms with Crippen molar-refractivity contribution in [3.63, 3.8) is 0 Å². The van der Waals surface area contributed by atoms with Crippen molar-refractivity contribution in [1.82, 2.24) is 10.3 Å². The maximum atomic E-state index is 12.0. The van der Waals surface area contributed by atoms with Crippen LogP contribution in [-0.2, 0) is 0 Å². The lowest BCUT2D eigenvalue weighted by molar-refractivity contribution is -0.385. The number of pyridine rings is 1. The Morgan fingerprint density at radius 2 is 2.32 bits per heavy atom. The number of nitrogens with zero attached hydrogens (tertiary/aromatic N) is 2. The van der Waals surface area contributed by atoms with E-state index in [1.54, 1.807) is 7.05 Å². The number of nitrogens with one attached hydrogen (secondary N) is 2. The van der Waals surface area contributed by atoms with Crippen LogP contribution in [0.15, 0.2) is 12.3 Å². The van der Waals surface area contributed by atoms with Crippen LogP contribution in [0.2, 0.25) is 0 Å². The number of carbonyl (C=O) groups excluding carboxylic acids is 1. The third-order valence-electron chi connectivity index (χ3n) is 3.38. The minimum atomic E-state index is -0.596. The molecular formula is C12H16N4O3. The van der Waals surface area contributed by atoms with E-state index < -0.39 is 10.8 Å². The highest BCUT2D eigenvalue weighted by Gasteiger charge is 2.33. The lowest BCUT2D eigenvalue weighted by Crippen LogP contribution is -2.26. The molecule has 19 heavy (non-hydrogen) atoms. The highest BCUT2D eigenvalue weighted by Crippen LogP contribution is 2.36. The van der Waals surface area contributed by atoms with E-state index >= 15 is 0 Å². The summed E-state index contributed by atoms with van der Waals surface area (Å²) in [7, 11) is 1.64. The molecule has 1 amide bonds. The highest BCUT2D eigenvalue weighted by atomic mass is 16.6. The van der Waals surface area contributed by atoms with Crippen LogP contribution in [-0.4, -0.2) is 29.4 Å². The average Bonchev–Trinajstić information content (AvgIpc) is 3.11. The van der Waals surface area contributed by atoms with Crippen LogP contribution in [0.4, 0.5) is 11.5 Å². The first-order chi connectivity index (χ1) is 9.02. The minimum Gasteiger partial charge on any atom is -0.373 e. The summed E-state index contributed by atoms with van der Waals surface area (Å²) in [6.07, 6.45) is 2.20. The van der Waals surface area contributed by atoms with Crippen molar-refractivity contribution in [2.24, 2.45) is 11.8 Å². The Bertz CT molecular complexity index is 518. The van der Waals surface area contributed by atoms with E-state index in [-0.39, 0.29) is 11.3 Å². The second-order valence-electron chi connectivity index (χ2n) is 4.78. The summed E-state index contributed by atoms with van der Waals surface area (Å²) in [5.41, 5.74) is -0.238. The molecule has 1 fully saturated rings. The zero-order valence-electron chi connectivity index (χ0n) is 10.8. The Kier molecular flexibility index (Phi) is 3.64. The number of hydrogen-bond donors (Lipinski definition) is 2. The second-order valence-corrected chi connectivity index (χ2v) is 4.78. The molecule has 0 aliphatic heterocycles. The Labute approximate surface area is 110 Å². The van der Waals surface area contributed by atoms with Gasteiger partial charge in [-0.25, -0.2) is 4.98 Å². The highest BCUT2D eigenvalue weighted by molar-refractivity contribution is 5.98. The summed E-state index contributed by atoms with van der Waals surface area (Å²) in [5.74, 6) is 1.12. The van der Waals surface area contributed by atoms with Gasteiger partial charge in [0.25, 0.3) is 11.6 Å². The molecule has 1 aliphatic carbocycles. The van der Waals surface area contributed by atoms with Crippen molar-refractivity contribution in [3.8, 4) is 0 Å². The summed E-state index contributed by atoms with van der Waals surface area (Å²) in [4.78, 5) is 26.2. The largest absolute Gasteiger partial charge is 0.373 e. The number of hydrogen-bond acceptors (Lipinski definition) is 5. The minimum absolute atomic E-state index is 0.0395. The quantitative estimate of drug-likeness (QED) is 0.619. The van der Waals surface area contributed by atoms with Gasteiger partial charge in [-0.1, -0.05) is 6.92 Å². The van der Waals surface area contributed by atoms with Gasteiger partial charge in [0.1, 0.15) is 17.6 Å². The second kappa shape index (κ2) is 5.21. The molecule has 0 bridgehead atoms. The molecule has 2 N–H and O–H groups in total. The fourth-order valence-electron chi connectivity index (χ4n) is 1.91. The Morgan fingerprint density at radius 3 is 2.84 bits per heavy atom. The first kappa shape index (κ1) is 13.3. The van der Waals surface area contributed by atoms with Crippen molar-refractivity contribution < 1.29 is 9.72 Å². The Hall–Kier alpha value is -2.18. The van der Waals surface area contributed by atoms with Crippen molar-refractivity contribution in [3.05, 3.63) is 27.9 Å². The lowest BCUT2D eigenvalue weighted by atomic mass is 10.2. The molecule has 102 valence electrons. The number of amides is 1. The topological polar surface area (TPSA) is 97.2 Å². The van der Waals surface area contributed by atoms with E-state index in [9.17, 15) is 14.9 Å². The molecule has 7 nitrogen and oxygen atoms in total. The van der Waals surface area contributed by atoms with E-state index in [1.807, 2.05) is 0 Å². The molecule has 1 heterocycles. The van der Waals surface area contributed by atoms with Crippen LogP contribution in [0.25, 0.3) is 0 Å². The third-order valence-corrected chi connectivity index (χ3v) is 3.38. The van der Waals surface area contributed by atoms with Gasteiger partial charge in [0.15, 0.2) is 0 Å². The average molecular weight is 264 g/mol. The van der Waals surface area contributed by atoms with Crippen LogP contribution in [0.1, 0.15) is 23.7 Å². The molecule has 7 heteroatoms. The fourth-order valence-corrected chi connectivity index (χ4v) is 1.91. The van der Waals surface area contributed by atoms with Gasteiger partial charge < -0.3 is 10.6 Å². The van der Waals surface area contributed by atoms with Crippen molar-refractivity contribution in [2.75, 3.05) is 18.9 Å². The molecule has 1 aromatic heterocycles. The van der Waals surface area contributed by atoms with Gasteiger partial charge in [0.2, 0.25) is 0 Å². The molecule has 0 spiro atoms. The predicted molar refractivity (Wildman–Crippen MR) is 70.0 cm³/mol. The summed E-state index contributed by atoms with van der Waals surface area (Å²) in [6, 6.07) is 1.39. The zero-order valence-corrected chi connectivity index (χ0v) is 10.8. The Balaban J connectivity index is 2.15. The van der Waals surface area contributed by atoms with Gasteiger partial charge in [-0.15, -0.1) is 0 Å². The maximum Gasteiger partial charge on any atom is 0.300 e. The monoisotopic (exact) mass is 264 g/mol. The van der Waals surface area contributed by atoms with Gasteiger partial charge in [0.05, 0.1) is 4.92 Å². The van der Waals surface area contributed by atoms with Crippen molar-refractivity contribution >= 4 is 17.4 Å². The lowest BCUT2D eigenvalue weighted by Gasteiger charge is -2.06. The molecule has 1 aromatic rings. The van der Waals surface area contributed by atoms with Crippen molar-refractivity contribution in [1.29, 1.82) is 0 Å². The normalized spacial score (nSPS) is 20.7. The Morgan fingerprint density at radius 1 is 1.63 bits per heavy atom. The van der Waals surface area contributed by atoms with E-state index in [1.165, 1.54) is 6.07 Å². The number of nitro groups is 1. The molecule has 2 rings (SSSR count). The number of carbonyl (C=O) groups is 1. The molecule has 0 radical (unpaired) electrons. The van der Waals surface area contributed by atoms with Gasteiger partial charge >= 0.3 is 0 Å². The van der Waals surface area contributed by atoms with Gasteiger partial charge in [0, 0.05) is 19.7 Å². The third kappa shape index (κ3) is 2.98. The molecule has 1 aliphatic rings. The molecule has 2 atom stereocenters. The van der Waals surface area contributed by atoms with E-state index in [0.717, 1.165) is 12.6 Å². The van der Waals surface area contributed by atoms with E-state index in [0.29, 0.717) is 24.2 Å². The summed E-state index contributed by atoms with van der Waals surface area (Å²) in [6.45, 7) is 2.68. The zero-order chi connectivity index (χ0) is 14.0. The van der Waals surface area contributed by atoms with Gasteiger partial charge in [-0.05, 0) is 18.3 Å². The van der Waals surface area contributed by atoms with Crippen LogP contribution < -0.4 is 10.6 Å². The van der Waals surface area contributed by atoms with Crippen LogP contribution in [0, 0.1) is 22.0 Å². The molecule has 0 saturated heterocycles. The number of rotatable bonds is 5.